The number of guanidine groups is 1. The maximum Gasteiger partial charge on any atom is 0.191 e. The van der Waals surface area contributed by atoms with Crippen LogP contribution in [-0.2, 0) is 13.0 Å². The van der Waals surface area contributed by atoms with Gasteiger partial charge in [-0.3, -0.25) is 4.99 Å². The van der Waals surface area contributed by atoms with Crippen LogP contribution in [0, 0.1) is 0 Å². The molecule has 21 heavy (non-hydrogen) atoms. The van der Waals surface area contributed by atoms with Crippen molar-refractivity contribution in [3.8, 4) is 0 Å². The third kappa shape index (κ3) is 6.19. The summed E-state index contributed by atoms with van der Waals surface area (Å²) in [6, 6.07) is 1.06. The van der Waals surface area contributed by atoms with E-state index in [9.17, 15) is 0 Å². The first kappa shape index (κ1) is 18.2. The lowest BCUT2D eigenvalue weighted by Gasteiger charge is -2.16. The lowest BCUT2D eigenvalue weighted by atomic mass is 10.3. The van der Waals surface area contributed by atoms with Gasteiger partial charge < -0.3 is 15.2 Å². The molecule has 0 saturated heterocycles. The smallest absolute Gasteiger partial charge is 0.191 e. The molecule has 1 fully saturated rings. The van der Waals surface area contributed by atoms with Crippen molar-refractivity contribution in [2.45, 2.75) is 65.1 Å². The van der Waals surface area contributed by atoms with Crippen molar-refractivity contribution in [2.24, 2.45) is 4.99 Å². The Kier molecular flexibility index (Phi) is 7.98. The first-order valence-corrected chi connectivity index (χ1v) is 7.67. The van der Waals surface area contributed by atoms with Crippen LogP contribution >= 0.6 is 24.0 Å². The molecule has 1 atom stereocenters. The van der Waals surface area contributed by atoms with Crippen molar-refractivity contribution in [3.05, 3.63) is 12.2 Å². The highest BCUT2D eigenvalue weighted by Crippen LogP contribution is 2.18. The summed E-state index contributed by atoms with van der Waals surface area (Å²) in [6.07, 6.45) is 6.29. The molecule has 1 aromatic heterocycles. The monoisotopic (exact) mass is 406 g/mol. The largest absolute Gasteiger partial charge is 0.354 e. The molecule has 1 aliphatic carbocycles. The second-order valence-corrected chi connectivity index (χ2v) is 5.40. The normalized spacial score (nSPS) is 16.2. The average molecular weight is 406 g/mol. The number of aliphatic imine (C=N–C) groups is 1. The maximum atomic E-state index is 4.66. The Morgan fingerprint density at radius 2 is 2.24 bits per heavy atom. The van der Waals surface area contributed by atoms with Crippen molar-refractivity contribution in [2.75, 3.05) is 6.54 Å². The predicted molar refractivity (Wildman–Crippen MR) is 96.2 cm³/mol. The topological polar surface area (TPSA) is 67.1 Å². The average Bonchev–Trinajstić information content (AvgIpc) is 3.14. The quantitative estimate of drug-likeness (QED) is 0.413. The molecule has 1 saturated carbocycles. The molecule has 1 aromatic rings. The van der Waals surface area contributed by atoms with E-state index in [1.807, 2.05) is 0 Å². The predicted octanol–water partition coefficient (Wildman–Crippen LogP) is 1.95. The van der Waals surface area contributed by atoms with Crippen LogP contribution in [-0.4, -0.2) is 39.4 Å². The van der Waals surface area contributed by atoms with E-state index in [-0.39, 0.29) is 24.0 Å². The zero-order valence-corrected chi connectivity index (χ0v) is 15.5. The molecular formula is C14H27IN6. The number of hydrogen-bond acceptors (Lipinski definition) is 3. The summed E-state index contributed by atoms with van der Waals surface area (Å²) in [7, 11) is 0. The zero-order valence-electron chi connectivity index (χ0n) is 13.2. The van der Waals surface area contributed by atoms with Crippen LogP contribution in [0.1, 0.15) is 45.9 Å². The van der Waals surface area contributed by atoms with Crippen molar-refractivity contribution in [1.82, 2.24) is 25.4 Å². The van der Waals surface area contributed by atoms with E-state index in [2.05, 4.69) is 51.2 Å². The van der Waals surface area contributed by atoms with E-state index in [1.54, 1.807) is 6.33 Å². The third-order valence-corrected chi connectivity index (χ3v) is 3.54. The van der Waals surface area contributed by atoms with Crippen LogP contribution in [0.3, 0.4) is 0 Å². The lowest BCUT2D eigenvalue weighted by Crippen LogP contribution is -2.43. The Bertz CT molecular complexity index is 440. The van der Waals surface area contributed by atoms with E-state index in [0.29, 0.717) is 12.1 Å². The van der Waals surface area contributed by atoms with Crippen molar-refractivity contribution >= 4 is 29.9 Å². The van der Waals surface area contributed by atoms with Gasteiger partial charge in [-0.25, -0.2) is 0 Å². The van der Waals surface area contributed by atoms with Gasteiger partial charge in [-0.1, -0.05) is 13.8 Å². The summed E-state index contributed by atoms with van der Waals surface area (Å²) in [6.45, 7) is 8.02. The van der Waals surface area contributed by atoms with Gasteiger partial charge in [0.2, 0.25) is 0 Å². The highest BCUT2D eigenvalue weighted by atomic mass is 127. The molecule has 0 radical (unpaired) electrons. The van der Waals surface area contributed by atoms with E-state index in [0.717, 1.165) is 37.7 Å². The summed E-state index contributed by atoms with van der Waals surface area (Å²) in [4.78, 5) is 4.66. The van der Waals surface area contributed by atoms with Crippen LogP contribution in [0.5, 0.6) is 0 Å². The second kappa shape index (κ2) is 9.22. The highest BCUT2D eigenvalue weighted by Gasteiger charge is 2.22. The van der Waals surface area contributed by atoms with Crippen molar-refractivity contribution in [1.29, 1.82) is 0 Å². The van der Waals surface area contributed by atoms with E-state index in [1.165, 1.54) is 12.8 Å². The summed E-state index contributed by atoms with van der Waals surface area (Å²) < 4.78 is 2.07. The second-order valence-electron chi connectivity index (χ2n) is 5.40. The first-order valence-electron chi connectivity index (χ1n) is 7.67. The fourth-order valence-corrected chi connectivity index (χ4v) is 1.90. The summed E-state index contributed by atoms with van der Waals surface area (Å²) in [5.41, 5.74) is 0. The number of halogens is 1. The van der Waals surface area contributed by atoms with Crippen molar-refractivity contribution in [3.63, 3.8) is 0 Å². The van der Waals surface area contributed by atoms with Crippen LogP contribution in [0.15, 0.2) is 11.3 Å². The number of nitrogens with one attached hydrogen (secondary N) is 2. The summed E-state index contributed by atoms with van der Waals surface area (Å²) in [5.74, 6) is 1.96. The van der Waals surface area contributed by atoms with Gasteiger partial charge in [0, 0.05) is 25.0 Å². The van der Waals surface area contributed by atoms with Gasteiger partial charge in [0.05, 0.1) is 6.54 Å². The lowest BCUT2D eigenvalue weighted by molar-refractivity contribution is 0.614. The van der Waals surface area contributed by atoms with Crippen LogP contribution in [0.4, 0.5) is 0 Å². The Morgan fingerprint density at radius 1 is 1.48 bits per heavy atom. The molecule has 0 aliphatic heterocycles. The maximum absolute atomic E-state index is 4.66. The number of nitrogens with zero attached hydrogens (tertiary/aromatic N) is 4. The molecular weight excluding hydrogens is 379 g/mol. The van der Waals surface area contributed by atoms with Gasteiger partial charge in [0.15, 0.2) is 5.96 Å². The molecule has 7 heteroatoms. The molecule has 0 spiro atoms. The molecule has 6 nitrogen and oxygen atoms in total. The van der Waals surface area contributed by atoms with Crippen molar-refractivity contribution < 1.29 is 0 Å². The van der Waals surface area contributed by atoms with Crippen LogP contribution in [0.25, 0.3) is 0 Å². The minimum Gasteiger partial charge on any atom is -0.354 e. The van der Waals surface area contributed by atoms with E-state index in [4.69, 9.17) is 0 Å². The number of aryl methyl sites for hydroxylation is 1. The minimum absolute atomic E-state index is 0. The standard InChI is InChI=1S/C14H26N6.HI/c1-4-11(3)17-14(18-12-6-7-12)15-8-9-20-10-16-19-13(20)5-2;/h10-12H,4-9H2,1-3H3,(H2,15,17,18);1H. The Hall–Kier alpha value is -0.860. The molecule has 1 unspecified atom stereocenters. The molecule has 2 rings (SSSR count). The summed E-state index contributed by atoms with van der Waals surface area (Å²) >= 11 is 0. The van der Waals surface area contributed by atoms with Gasteiger partial charge in [0.25, 0.3) is 0 Å². The van der Waals surface area contributed by atoms with Gasteiger partial charge in [-0.05, 0) is 26.2 Å². The number of hydrogen-bond donors (Lipinski definition) is 2. The fourth-order valence-electron chi connectivity index (χ4n) is 1.90. The SMILES string of the molecule is CCc1nncn1CCN=C(NC(C)CC)NC1CC1.I. The number of rotatable bonds is 7. The van der Waals surface area contributed by atoms with Crippen LogP contribution < -0.4 is 10.6 Å². The minimum atomic E-state index is 0. The zero-order chi connectivity index (χ0) is 14.4. The molecule has 0 bridgehead atoms. The van der Waals surface area contributed by atoms with E-state index < -0.39 is 0 Å². The number of aromatic nitrogens is 3. The summed E-state index contributed by atoms with van der Waals surface area (Å²) in [5, 5.41) is 14.9. The van der Waals surface area contributed by atoms with Gasteiger partial charge in [-0.15, -0.1) is 34.2 Å². The highest BCUT2D eigenvalue weighted by molar-refractivity contribution is 14.0. The Balaban J connectivity index is 0.00000220. The molecule has 0 aromatic carbocycles. The van der Waals surface area contributed by atoms with Crippen LogP contribution in [0.2, 0.25) is 0 Å². The Morgan fingerprint density at radius 3 is 2.86 bits per heavy atom. The van der Waals surface area contributed by atoms with Gasteiger partial charge in [-0.2, -0.15) is 0 Å². The third-order valence-electron chi connectivity index (χ3n) is 3.54. The molecule has 1 heterocycles. The molecule has 0 amide bonds. The fraction of sp³-hybridized carbons (Fsp3) is 0.786. The van der Waals surface area contributed by atoms with Gasteiger partial charge in [0.1, 0.15) is 12.2 Å². The molecule has 1 aliphatic rings. The molecule has 2 N–H and O–H groups in total. The first-order chi connectivity index (χ1) is 9.72. The Labute approximate surface area is 144 Å². The van der Waals surface area contributed by atoms with E-state index >= 15 is 0 Å². The van der Waals surface area contributed by atoms with Gasteiger partial charge >= 0.3 is 0 Å². The molecule has 120 valence electrons.